The lowest BCUT2D eigenvalue weighted by Gasteiger charge is -2.04. The number of aromatic nitrogens is 4. The van der Waals surface area contributed by atoms with Crippen LogP contribution >= 0.6 is 12.2 Å². The highest BCUT2D eigenvalue weighted by atomic mass is 32.1. The number of nitrogens with one attached hydrogen (secondary N) is 2. The number of para-hydroxylation sites is 1. The Morgan fingerprint density at radius 2 is 2.00 bits per heavy atom. The van der Waals surface area contributed by atoms with Crippen LogP contribution in [0.2, 0.25) is 0 Å². The Hall–Kier alpha value is -3.19. The van der Waals surface area contributed by atoms with Crippen LogP contribution in [0.3, 0.4) is 0 Å². The first kappa shape index (κ1) is 16.3. The van der Waals surface area contributed by atoms with E-state index in [9.17, 15) is 0 Å². The van der Waals surface area contributed by atoms with Gasteiger partial charge in [0.2, 0.25) is 4.77 Å². The van der Waals surface area contributed by atoms with E-state index >= 15 is 0 Å². The van der Waals surface area contributed by atoms with Gasteiger partial charge >= 0.3 is 0 Å². The Labute approximate surface area is 155 Å². The molecule has 0 amide bonds. The molecule has 0 bridgehead atoms. The minimum atomic E-state index is 0.435. The predicted molar refractivity (Wildman–Crippen MR) is 105 cm³/mol. The standard InChI is InChI=1S/C19H17N5OS/c1-2-25-15-9-7-13(8-10-15)18-22-23-19(26)24(18)21-12-14-11-20-17-6-4-3-5-16(14)17/h3-12,20H,2H2,1H3,(H,23,26)/b21-12+. The molecule has 26 heavy (non-hydrogen) atoms. The van der Waals surface area contributed by atoms with Crippen LogP contribution in [0.4, 0.5) is 0 Å². The second-order valence-corrected chi connectivity index (χ2v) is 6.04. The number of hydrogen-bond acceptors (Lipinski definition) is 4. The minimum absolute atomic E-state index is 0.435. The highest BCUT2D eigenvalue weighted by Crippen LogP contribution is 2.21. The average Bonchev–Trinajstić information content (AvgIpc) is 3.24. The van der Waals surface area contributed by atoms with E-state index in [1.807, 2.05) is 55.6 Å². The average molecular weight is 363 g/mol. The Bertz CT molecular complexity index is 1120. The van der Waals surface area contributed by atoms with Gasteiger partial charge in [0.05, 0.1) is 12.8 Å². The fourth-order valence-electron chi connectivity index (χ4n) is 2.77. The third-order valence-electron chi connectivity index (χ3n) is 4.01. The maximum absolute atomic E-state index is 5.48. The smallest absolute Gasteiger partial charge is 0.216 e. The highest BCUT2D eigenvalue weighted by molar-refractivity contribution is 7.71. The summed E-state index contributed by atoms with van der Waals surface area (Å²) in [4.78, 5) is 3.23. The summed E-state index contributed by atoms with van der Waals surface area (Å²) in [5.74, 6) is 1.47. The van der Waals surface area contributed by atoms with Gasteiger partial charge in [-0.25, -0.2) is 5.10 Å². The molecule has 0 aliphatic heterocycles. The van der Waals surface area contributed by atoms with Gasteiger partial charge in [-0.1, -0.05) is 18.2 Å². The van der Waals surface area contributed by atoms with Crippen molar-refractivity contribution in [3.8, 4) is 17.1 Å². The first-order valence-electron chi connectivity index (χ1n) is 8.27. The van der Waals surface area contributed by atoms with E-state index in [-0.39, 0.29) is 0 Å². The molecule has 2 aromatic heterocycles. The molecule has 7 heteroatoms. The molecule has 4 rings (SSSR count). The van der Waals surface area contributed by atoms with Crippen LogP contribution in [-0.2, 0) is 0 Å². The first-order chi connectivity index (χ1) is 12.8. The van der Waals surface area contributed by atoms with E-state index in [0.29, 0.717) is 17.2 Å². The van der Waals surface area contributed by atoms with E-state index in [1.165, 1.54) is 0 Å². The summed E-state index contributed by atoms with van der Waals surface area (Å²) in [6.07, 6.45) is 3.70. The molecule has 2 N–H and O–H groups in total. The number of H-pyrrole nitrogens is 2. The van der Waals surface area contributed by atoms with Gasteiger partial charge in [-0.2, -0.15) is 14.9 Å². The number of nitrogens with zero attached hydrogens (tertiary/aromatic N) is 3. The quantitative estimate of drug-likeness (QED) is 0.408. The number of rotatable bonds is 5. The summed E-state index contributed by atoms with van der Waals surface area (Å²) >= 11 is 5.33. The first-order valence-corrected chi connectivity index (χ1v) is 8.68. The topological polar surface area (TPSA) is 71.0 Å². The molecular formula is C19H17N5OS. The third-order valence-corrected chi connectivity index (χ3v) is 4.27. The normalized spacial score (nSPS) is 11.4. The van der Waals surface area contributed by atoms with Crippen LogP contribution in [-0.4, -0.2) is 32.7 Å². The summed E-state index contributed by atoms with van der Waals surface area (Å²) in [7, 11) is 0. The minimum Gasteiger partial charge on any atom is -0.494 e. The zero-order valence-corrected chi connectivity index (χ0v) is 15.0. The van der Waals surface area contributed by atoms with Gasteiger partial charge in [0.1, 0.15) is 5.75 Å². The summed E-state index contributed by atoms with van der Waals surface area (Å²) < 4.78 is 7.53. The molecule has 0 saturated heterocycles. The largest absolute Gasteiger partial charge is 0.494 e. The van der Waals surface area contributed by atoms with Crippen LogP contribution < -0.4 is 4.74 Å². The van der Waals surface area contributed by atoms with Crippen LogP contribution in [0.5, 0.6) is 5.75 Å². The van der Waals surface area contributed by atoms with Crippen molar-refractivity contribution < 1.29 is 4.74 Å². The number of hydrogen-bond donors (Lipinski definition) is 2. The molecule has 0 unspecified atom stereocenters. The number of aromatic amines is 2. The second kappa shape index (κ2) is 6.97. The summed E-state index contributed by atoms with van der Waals surface area (Å²) in [6, 6.07) is 15.8. The Morgan fingerprint density at radius 3 is 2.81 bits per heavy atom. The maximum atomic E-state index is 5.48. The number of benzene rings is 2. The van der Waals surface area contributed by atoms with Gasteiger partial charge in [-0.05, 0) is 49.5 Å². The molecule has 6 nitrogen and oxygen atoms in total. The van der Waals surface area contributed by atoms with Crippen molar-refractivity contribution in [1.82, 2.24) is 19.9 Å². The molecule has 0 atom stereocenters. The van der Waals surface area contributed by atoms with Crippen molar-refractivity contribution in [1.29, 1.82) is 0 Å². The van der Waals surface area contributed by atoms with E-state index in [0.717, 1.165) is 27.8 Å². The van der Waals surface area contributed by atoms with Crippen molar-refractivity contribution in [3.63, 3.8) is 0 Å². The molecule has 130 valence electrons. The van der Waals surface area contributed by atoms with Gasteiger partial charge < -0.3 is 9.72 Å². The van der Waals surface area contributed by atoms with E-state index in [2.05, 4.69) is 26.3 Å². The summed E-state index contributed by atoms with van der Waals surface area (Å²) in [6.45, 7) is 2.59. The monoisotopic (exact) mass is 363 g/mol. The molecule has 0 fully saturated rings. The summed E-state index contributed by atoms with van der Waals surface area (Å²) in [5.41, 5.74) is 2.95. The van der Waals surface area contributed by atoms with E-state index in [1.54, 1.807) is 10.9 Å². The maximum Gasteiger partial charge on any atom is 0.216 e. The molecule has 0 aliphatic rings. The van der Waals surface area contributed by atoms with Crippen molar-refractivity contribution in [2.45, 2.75) is 6.92 Å². The highest BCUT2D eigenvalue weighted by Gasteiger charge is 2.09. The molecule has 4 aromatic rings. The lowest BCUT2D eigenvalue weighted by Crippen LogP contribution is -1.95. The zero-order valence-electron chi connectivity index (χ0n) is 14.1. The Morgan fingerprint density at radius 1 is 1.19 bits per heavy atom. The lowest BCUT2D eigenvalue weighted by molar-refractivity contribution is 0.340. The Kier molecular flexibility index (Phi) is 4.37. The molecular weight excluding hydrogens is 346 g/mol. The summed E-state index contributed by atoms with van der Waals surface area (Å²) in [5, 5.41) is 12.8. The molecule has 2 aromatic carbocycles. The van der Waals surface area contributed by atoms with Gasteiger partial charge in [-0.3, -0.25) is 0 Å². The van der Waals surface area contributed by atoms with Gasteiger partial charge in [0, 0.05) is 28.2 Å². The number of ether oxygens (including phenoxy) is 1. The van der Waals surface area contributed by atoms with Crippen LogP contribution in [0.25, 0.3) is 22.3 Å². The fraction of sp³-hybridized carbons (Fsp3) is 0.105. The fourth-order valence-corrected chi connectivity index (χ4v) is 2.95. The van der Waals surface area contributed by atoms with E-state index < -0.39 is 0 Å². The molecule has 0 spiro atoms. The van der Waals surface area contributed by atoms with Gasteiger partial charge in [-0.15, -0.1) is 0 Å². The molecule has 0 aliphatic carbocycles. The van der Waals surface area contributed by atoms with E-state index in [4.69, 9.17) is 17.0 Å². The van der Waals surface area contributed by atoms with Crippen molar-refractivity contribution in [3.05, 3.63) is 65.1 Å². The molecule has 0 radical (unpaired) electrons. The Balaban J connectivity index is 1.69. The van der Waals surface area contributed by atoms with Crippen LogP contribution in [0.1, 0.15) is 12.5 Å². The van der Waals surface area contributed by atoms with Gasteiger partial charge in [0.15, 0.2) is 5.82 Å². The number of fused-ring (bicyclic) bond motifs is 1. The van der Waals surface area contributed by atoms with Gasteiger partial charge in [0.25, 0.3) is 0 Å². The van der Waals surface area contributed by atoms with Crippen molar-refractivity contribution >= 4 is 29.3 Å². The lowest BCUT2D eigenvalue weighted by atomic mass is 10.2. The second-order valence-electron chi connectivity index (χ2n) is 5.66. The molecule has 2 heterocycles. The SMILES string of the molecule is CCOc1ccc(-c2n[nH]c(=S)n2/N=C/c2c[nH]c3ccccc23)cc1. The predicted octanol–water partition coefficient (Wildman–Crippen LogP) is 4.37. The van der Waals surface area contributed by atoms with Crippen molar-refractivity contribution in [2.24, 2.45) is 5.10 Å². The zero-order chi connectivity index (χ0) is 17.9. The molecule has 0 saturated carbocycles. The van der Waals surface area contributed by atoms with Crippen LogP contribution in [0, 0.1) is 4.77 Å². The van der Waals surface area contributed by atoms with Crippen LogP contribution in [0.15, 0.2) is 59.8 Å². The third kappa shape index (κ3) is 3.04. The van der Waals surface area contributed by atoms with Crippen molar-refractivity contribution in [2.75, 3.05) is 6.61 Å².